The molecular formula is C19H22N4O4. The van der Waals surface area contributed by atoms with Gasteiger partial charge in [-0.15, -0.1) is 0 Å². The number of nitrogens with zero attached hydrogens (tertiary/aromatic N) is 2. The van der Waals surface area contributed by atoms with E-state index >= 15 is 0 Å². The summed E-state index contributed by atoms with van der Waals surface area (Å²) in [6.45, 7) is 3.21. The first-order valence-corrected chi connectivity index (χ1v) is 8.84. The summed E-state index contributed by atoms with van der Waals surface area (Å²) in [4.78, 5) is 25.1. The minimum absolute atomic E-state index is 0.00410. The second kappa shape index (κ2) is 9.00. The van der Waals surface area contributed by atoms with Gasteiger partial charge in [-0.3, -0.25) is 14.9 Å². The molecule has 27 heavy (non-hydrogen) atoms. The topological polar surface area (TPSA) is 96.7 Å². The van der Waals surface area contributed by atoms with E-state index < -0.39 is 4.92 Å². The first kappa shape index (κ1) is 18.7. The maximum absolute atomic E-state index is 12.3. The summed E-state index contributed by atoms with van der Waals surface area (Å²) in [6, 6.07) is 14.1. The Kier molecular flexibility index (Phi) is 6.22. The number of anilines is 3. The highest BCUT2D eigenvalue weighted by Gasteiger charge is 2.16. The molecule has 2 N–H and O–H groups in total. The Bertz CT molecular complexity index is 806. The number of hydrogen-bond acceptors (Lipinski definition) is 6. The van der Waals surface area contributed by atoms with Crippen LogP contribution in [0.5, 0.6) is 0 Å². The molecule has 8 heteroatoms. The average molecular weight is 370 g/mol. The number of amides is 1. The van der Waals surface area contributed by atoms with Gasteiger partial charge in [-0.2, -0.15) is 0 Å². The van der Waals surface area contributed by atoms with Crippen LogP contribution in [0.2, 0.25) is 0 Å². The summed E-state index contributed by atoms with van der Waals surface area (Å²) in [7, 11) is 0. The van der Waals surface area contributed by atoms with Gasteiger partial charge in [0.1, 0.15) is 5.69 Å². The summed E-state index contributed by atoms with van der Waals surface area (Å²) in [6.07, 6.45) is 0.198. The van der Waals surface area contributed by atoms with Crippen LogP contribution < -0.4 is 15.5 Å². The number of benzene rings is 2. The van der Waals surface area contributed by atoms with E-state index in [1.165, 1.54) is 6.07 Å². The molecule has 0 aliphatic carbocycles. The van der Waals surface area contributed by atoms with Crippen molar-refractivity contribution in [1.82, 2.24) is 0 Å². The number of nitrogens with one attached hydrogen (secondary N) is 2. The van der Waals surface area contributed by atoms with Gasteiger partial charge in [0.2, 0.25) is 5.91 Å². The minimum Gasteiger partial charge on any atom is -0.379 e. The fourth-order valence-electron chi connectivity index (χ4n) is 2.97. The standard InChI is InChI=1S/C19H22N4O4/c24-19(9-10-20-15-5-1-4-8-18(15)23(25)26)21-16-6-2-3-7-17(16)22-11-13-27-14-12-22/h1-8,20H,9-14H2,(H,21,24). The van der Waals surface area contributed by atoms with Crippen LogP contribution in [0.4, 0.5) is 22.7 Å². The number of carbonyl (C=O) groups excluding carboxylic acids is 1. The smallest absolute Gasteiger partial charge is 0.292 e. The third-order valence-corrected chi connectivity index (χ3v) is 4.30. The molecule has 1 amide bonds. The monoisotopic (exact) mass is 370 g/mol. The first-order chi connectivity index (χ1) is 13.1. The zero-order chi connectivity index (χ0) is 19.1. The van der Waals surface area contributed by atoms with Gasteiger partial charge in [-0.25, -0.2) is 0 Å². The minimum atomic E-state index is -0.443. The van der Waals surface area contributed by atoms with Crippen molar-refractivity contribution in [2.24, 2.45) is 0 Å². The highest BCUT2D eigenvalue weighted by atomic mass is 16.6. The van der Waals surface area contributed by atoms with E-state index in [2.05, 4.69) is 15.5 Å². The van der Waals surface area contributed by atoms with Crippen molar-refractivity contribution in [3.8, 4) is 0 Å². The normalized spacial score (nSPS) is 13.9. The largest absolute Gasteiger partial charge is 0.379 e. The first-order valence-electron chi connectivity index (χ1n) is 8.84. The molecule has 0 atom stereocenters. The Morgan fingerprint density at radius 3 is 2.48 bits per heavy atom. The number of ether oxygens (including phenoxy) is 1. The molecule has 1 aliphatic rings. The second-order valence-electron chi connectivity index (χ2n) is 6.12. The number of nitro groups is 1. The third kappa shape index (κ3) is 4.95. The molecule has 1 saturated heterocycles. The zero-order valence-corrected chi connectivity index (χ0v) is 14.9. The van der Waals surface area contributed by atoms with Crippen LogP contribution in [0.1, 0.15) is 6.42 Å². The molecule has 1 heterocycles. The third-order valence-electron chi connectivity index (χ3n) is 4.30. The van der Waals surface area contributed by atoms with Crippen molar-refractivity contribution in [1.29, 1.82) is 0 Å². The van der Waals surface area contributed by atoms with E-state index in [1.807, 2.05) is 24.3 Å². The lowest BCUT2D eigenvalue weighted by atomic mass is 10.2. The van der Waals surface area contributed by atoms with Crippen LogP contribution in [0.3, 0.4) is 0 Å². The summed E-state index contributed by atoms with van der Waals surface area (Å²) in [5.74, 6) is -0.151. The Morgan fingerprint density at radius 1 is 1.07 bits per heavy atom. The van der Waals surface area contributed by atoms with Crippen LogP contribution in [-0.2, 0) is 9.53 Å². The van der Waals surface area contributed by atoms with Crippen molar-refractivity contribution >= 4 is 28.7 Å². The second-order valence-corrected chi connectivity index (χ2v) is 6.12. The van der Waals surface area contributed by atoms with Gasteiger partial charge in [0.25, 0.3) is 5.69 Å². The van der Waals surface area contributed by atoms with E-state index in [-0.39, 0.29) is 18.0 Å². The van der Waals surface area contributed by atoms with Gasteiger partial charge >= 0.3 is 0 Å². The Labute approximate surface area is 157 Å². The quantitative estimate of drug-likeness (QED) is 0.575. The molecule has 0 saturated carbocycles. The van der Waals surface area contributed by atoms with Crippen molar-refractivity contribution in [2.45, 2.75) is 6.42 Å². The lowest BCUT2D eigenvalue weighted by Crippen LogP contribution is -2.36. The number of hydrogen-bond donors (Lipinski definition) is 2. The van der Waals surface area contributed by atoms with E-state index in [0.717, 1.165) is 24.5 Å². The average Bonchev–Trinajstić information content (AvgIpc) is 2.69. The van der Waals surface area contributed by atoms with Crippen molar-refractivity contribution in [3.05, 3.63) is 58.6 Å². The molecule has 142 valence electrons. The molecular weight excluding hydrogens is 348 g/mol. The van der Waals surface area contributed by atoms with E-state index in [9.17, 15) is 14.9 Å². The van der Waals surface area contributed by atoms with Crippen LogP contribution in [0.15, 0.2) is 48.5 Å². The highest BCUT2D eigenvalue weighted by Crippen LogP contribution is 2.26. The summed E-state index contributed by atoms with van der Waals surface area (Å²) >= 11 is 0. The molecule has 0 unspecified atom stereocenters. The molecule has 1 fully saturated rings. The van der Waals surface area contributed by atoms with Gasteiger partial charge in [-0.1, -0.05) is 24.3 Å². The molecule has 0 bridgehead atoms. The molecule has 2 aromatic carbocycles. The van der Waals surface area contributed by atoms with Crippen molar-refractivity contribution in [3.63, 3.8) is 0 Å². The van der Waals surface area contributed by atoms with Crippen LogP contribution in [0.25, 0.3) is 0 Å². The molecule has 0 spiro atoms. The molecule has 8 nitrogen and oxygen atoms in total. The number of para-hydroxylation sites is 4. The Balaban J connectivity index is 1.57. The van der Waals surface area contributed by atoms with Crippen LogP contribution in [-0.4, -0.2) is 43.7 Å². The molecule has 1 aliphatic heterocycles. The maximum atomic E-state index is 12.3. The Morgan fingerprint density at radius 2 is 1.74 bits per heavy atom. The van der Waals surface area contributed by atoms with Crippen molar-refractivity contribution < 1.29 is 14.5 Å². The summed E-state index contributed by atoms with van der Waals surface area (Å²) in [5, 5.41) is 16.9. The lowest BCUT2D eigenvalue weighted by Gasteiger charge is -2.30. The molecule has 3 rings (SSSR count). The van der Waals surface area contributed by atoms with Gasteiger partial charge in [0.15, 0.2) is 0 Å². The number of nitro benzene ring substituents is 1. The number of rotatable bonds is 7. The van der Waals surface area contributed by atoms with Gasteiger partial charge < -0.3 is 20.3 Å². The highest BCUT2D eigenvalue weighted by molar-refractivity contribution is 5.94. The Hall–Kier alpha value is -3.13. The van der Waals surface area contributed by atoms with Gasteiger partial charge in [0, 0.05) is 32.1 Å². The van der Waals surface area contributed by atoms with Gasteiger partial charge in [-0.05, 0) is 18.2 Å². The predicted molar refractivity (Wildman–Crippen MR) is 104 cm³/mol. The maximum Gasteiger partial charge on any atom is 0.292 e. The van der Waals surface area contributed by atoms with Crippen LogP contribution >= 0.6 is 0 Å². The van der Waals surface area contributed by atoms with Crippen LogP contribution in [0, 0.1) is 10.1 Å². The number of morpholine rings is 1. The number of carbonyl (C=O) groups is 1. The lowest BCUT2D eigenvalue weighted by molar-refractivity contribution is -0.384. The van der Waals surface area contributed by atoms with E-state index in [4.69, 9.17) is 4.74 Å². The fourth-order valence-corrected chi connectivity index (χ4v) is 2.97. The zero-order valence-electron chi connectivity index (χ0n) is 14.9. The summed E-state index contributed by atoms with van der Waals surface area (Å²) in [5.41, 5.74) is 2.13. The van der Waals surface area contributed by atoms with E-state index in [1.54, 1.807) is 18.2 Å². The molecule has 0 radical (unpaired) electrons. The summed E-state index contributed by atoms with van der Waals surface area (Å²) < 4.78 is 5.38. The molecule has 0 aromatic heterocycles. The SMILES string of the molecule is O=C(CCNc1ccccc1[N+](=O)[O-])Nc1ccccc1N1CCOCC1. The van der Waals surface area contributed by atoms with Crippen molar-refractivity contribution in [2.75, 3.05) is 48.4 Å². The van der Waals surface area contributed by atoms with Gasteiger partial charge in [0.05, 0.1) is 29.5 Å². The fraction of sp³-hybridized carbons (Fsp3) is 0.316. The van der Waals surface area contributed by atoms with E-state index in [0.29, 0.717) is 25.4 Å². The predicted octanol–water partition coefficient (Wildman–Crippen LogP) is 2.87. The molecule has 2 aromatic rings.